The van der Waals surface area contributed by atoms with Gasteiger partial charge in [-0.15, -0.1) is 0 Å². The molecule has 1 saturated heterocycles. The maximum Gasteiger partial charge on any atom is 0.338 e. The van der Waals surface area contributed by atoms with Crippen molar-refractivity contribution >= 4 is 22.3 Å². The van der Waals surface area contributed by atoms with Crippen LogP contribution < -0.4 is 4.74 Å². The molecule has 0 aliphatic carbocycles. The molecule has 1 aliphatic rings. The van der Waals surface area contributed by atoms with Crippen LogP contribution in [0.25, 0.3) is 26.8 Å². The Morgan fingerprint density at radius 1 is 1.00 bits per heavy atom. The fourth-order valence-electron chi connectivity index (χ4n) is 4.73. The van der Waals surface area contributed by atoms with E-state index in [1.54, 1.807) is 30.4 Å². The molecule has 194 valence electrons. The molecular weight excluding hydrogens is 484 g/mol. The summed E-state index contributed by atoms with van der Waals surface area (Å²) < 4.78 is 13.4. The van der Waals surface area contributed by atoms with Gasteiger partial charge in [0, 0.05) is 24.2 Å². The number of carbonyl (C=O) groups excluding carboxylic acids is 1. The third-order valence-electron chi connectivity index (χ3n) is 6.75. The van der Waals surface area contributed by atoms with Crippen LogP contribution in [0.3, 0.4) is 0 Å². The number of rotatable bonds is 10. The summed E-state index contributed by atoms with van der Waals surface area (Å²) in [4.78, 5) is 19.9. The van der Waals surface area contributed by atoms with Crippen LogP contribution in [0.2, 0.25) is 0 Å². The molecule has 0 spiro atoms. The van der Waals surface area contributed by atoms with Gasteiger partial charge < -0.3 is 9.47 Å². The Labute approximate surface area is 222 Å². The Morgan fingerprint density at radius 2 is 1.73 bits per heavy atom. The number of aromatic nitrogens is 3. The molecule has 1 unspecified atom stereocenters. The molecule has 1 atom stereocenters. The molecule has 0 radical (unpaired) electrons. The number of unbranched alkanes of at least 4 members (excludes halogenated alkanes) is 1. The quantitative estimate of drug-likeness (QED) is 0.218. The van der Waals surface area contributed by atoms with Crippen molar-refractivity contribution in [3.63, 3.8) is 0 Å². The summed E-state index contributed by atoms with van der Waals surface area (Å²) >= 11 is 1.55. The lowest BCUT2D eigenvalue weighted by molar-refractivity contribution is 0.00504. The molecule has 1 aliphatic heterocycles. The minimum Gasteiger partial charge on any atom is -0.475 e. The van der Waals surface area contributed by atoms with Crippen LogP contribution in [0.5, 0.6) is 5.75 Å². The lowest BCUT2D eigenvalue weighted by atomic mass is 10.1. The predicted octanol–water partition coefficient (Wildman–Crippen LogP) is 6.68. The summed E-state index contributed by atoms with van der Waals surface area (Å²) in [5.41, 5.74) is 3.39. The van der Waals surface area contributed by atoms with E-state index in [9.17, 15) is 4.79 Å². The Hall–Kier alpha value is -3.23. The zero-order chi connectivity index (χ0) is 25.6. The standard InChI is InChI=1S/C29H34N4O3S/c1-3-5-9-26(32-18-7-6-8-19-32)36-24-16-14-22(15-17-24)27-31-33-25(20-30-29(33)37-27)21-10-12-23(13-11-21)28(34)35-4-2/h10-17,20,26H,3-9,18-19H2,1-2H3. The number of nitrogens with zero attached hydrogens (tertiary/aromatic N) is 4. The van der Waals surface area contributed by atoms with Crippen molar-refractivity contribution < 1.29 is 14.3 Å². The largest absolute Gasteiger partial charge is 0.475 e. The van der Waals surface area contributed by atoms with E-state index in [-0.39, 0.29) is 12.2 Å². The zero-order valence-electron chi connectivity index (χ0n) is 21.6. The Bertz CT molecular complexity index is 1310. The van der Waals surface area contributed by atoms with E-state index in [0.717, 1.165) is 52.0 Å². The maximum atomic E-state index is 12.0. The average molecular weight is 519 g/mol. The van der Waals surface area contributed by atoms with Crippen LogP contribution in [0.15, 0.2) is 54.7 Å². The highest BCUT2D eigenvalue weighted by Crippen LogP contribution is 2.31. The number of carbonyl (C=O) groups is 1. The van der Waals surface area contributed by atoms with E-state index in [2.05, 4.69) is 41.1 Å². The molecule has 0 saturated carbocycles. The highest BCUT2D eigenvalue weighted by Gasteiger charge is 2.22. The van der Waals surface area contributed by atoms with E-state index >= 15 is 0 Å². The first-order chi connectivity index (χ1) is 18.2. The fraction of sp³-hybridized carbons (Fsp3) is 0.414. The van der Waals surface area contributed by atoms with Gasteiger partial charge in [0.15, 0.2) is 6.23 Å². The van der Waals surface area contributed by atoms with Gasteiger partial charge in [0.2, 0.25) is 4.96 Å². The normalized spacial score (nSPS) is 15.1. The molecule has 2 aromatic heterocycles. The fourth-order valence-corrected chi connectivity index (χ4v) is 5.61. The summed E-state index contributed by atoms with van der Waals surface area (Å²) in [5.74, 6) is 0.586. The predicted molar refractivity (Wildman–Crippen MR) is 147 cm³/mol. The molecule has 1 fully saturated rings. The molecular formula is C29H34N4O3S. The van der Waals surface area contributed by atoms with Crippen LogP contribution in [0, 0.1) is 0 Å². The number of benzene rings is 2. The average Bonchev–Trinajstić information content (AvgIpc) is 3.53. The number of fused-ring (bicyclic) bond motifs is 1. The second kappa shape index (κ2) is 11.9. The molecule has 37 heavy (non-hydrogen) atoms. The van der Waals surface area contributed by atoms with Gasteiger partial charge >= 0.3 is 5.97 Å². The van der Waals surface area contributed by atoms with Gasteiger partial charge in [-0.25, -0.2) is 14.3 Å². The topological polar surface area (TPSA) is 69.0 Å². The van der Waals surface area contributed by atoms with Gasteiger partial charge in [0.25, 0.3) is 0 Å². The lowest BCUT2D eigenvalue weighted by Gasteiger charge is -2.34. The first-order valence-corrected chi connectivity index (χ1v) is 14.1. The molecule has 0 N–H and O–H groups in total. The number of piperidine rings is 1. The molecule has 2 aromatic carbocycles. The van der Waals surface area contributed by atoms with Crippen LogP contribution in [-0.2, 0) is 4.74 Å². The van der Waals surface area contributed by atoms with E-state index in [1.165, 1.54) is 32.1 Å². The SMILES string of the molecule is CCCCC(Oc1ccc(-c2nn3c(-c4ccc(C(=O)OCC)cc4)cnc3s2)cc1)N1CCCCC1. The molecule has 8 heteroatoms. The molecule has 3 heterocycles. The van der Waals surface area contributed by atoms with Gasteiger partial charge in [-0.2, -0.15) is 5.10 Å². The van der Waals surface area contributed by atoms with Gasteiger partial charge in [0.1, 0.15) is 10.8 Å². The number of hydrogen-bond acceptors (Lipinski definition) is 7. The number of imidazole rings is 1. The van der Waals surface area contributed by atoms with Crippen LogP contribution >= 0.6 is 11.3 Å². The lowest BCUT2D eigenvalue weighted by Crippen LogP contribution is -2.42. The summed E-state index contributed by atoms with van der Waals surface area (Å²) in [7, 11) is 0. The first-order valence-electron chi connectivity index (χ1n) is 13.3. The van der Waals surface area contributed by atoms with Crippen molar-refractivity contribution in [2.75, 3.05) is 19.7 Å². The number of esters is 1. The van der Waals surface area contributed by atoms with Crippen LogP contribution in [0.4, 0.5) is 0 Å². The van der Waals surface area contributed by atoms with Crippen LogP contribution in [-0.4, -0.2) is 51.4 Å². The Morgan fingerprint density at radius 3 is 2.43 bits per heavy atom. The van der Waals surface area contributed by atoms with Gasteiger partial charge in [-0.05, 0) is 69.0 Å². The molecule has 7 nitrogen and oxygen atoms in total. The molecule has 5 rings (SSSR count). The summed E-state index contributed by atoms with van der Waals surface area (Å²) in [6.45, 7) is 6.64. The van der Waals surface area contributed by atoms with E-state index in [1.807, 2.05) is 22.8 Å². The number of ether oxygens (including phenoxy) is 2. The Kier molecular flexibility index (Phi) is 8.16. The summed E-state index contributed by atoms with van der Waals surface area (Å²) in [5, 5.41) is 5.74. The second-order valence-corrected chi connectivity index (χ2v) is 10.3. The summed E-state index contributed by atoms with van der Waals surface area (Å²) in [6.07, 6.45) is 9.21. The highest BCUT2D eigenvalue weighted by atomic mass is 32.1. The summed E-state index contributed by atoms with van der Waals surface area (Å²) in [6, 6.07) is 15.6. The second-order valence-electron chi connectivity index (χ2n) is 9.38. The van der Waals surface area contributed by atoms with Crippen molar-refractivity contribution in [2.24, 2.45) is 0 Å². The van der Waals surface area contributed by atoms with Gasteiger partial charge in [-0.1, -0.05) is 43.2 Å². The highest BCUT2D eigenvalue weighted by molar-refractivity contribution is 7.19. The van der Waals surface area contributed by atoms with Crippen molar-refractivity contribution in [1.29, 1.82) is 0 Å². The smallest absolute Gasteiger partial charge is 0.338 e. The van der Waals surface area contributed by atoms with Crippen molar-refractivity contribution in [2.45, 2.75) is 58.6 Å². The van der Waals surface area contributed by atoms with Gasteiger partial charge in [-0.3, -0.25) is 4.90 Å². The molecule has 4 aromatic rings. The minimum atomic E-state index is -0.316. The van der Waals surface area contributed by atoms with E-state index in [0.29, 0.717) is 12.2 Å². The third kappa shape index (κ3) is 5.86. The molecule has 0 bridgehead atoms. The monoisotopic (exact) mass is 518 g/mol. The van der Waals surface area contributed by atoms with Crippen LogP contribution in [0.1, 0.15) is 62.7 Å². The van der Waals surface area contributed by atoms with Gasteiger partial charge in [0.05, 0.1) is 24.1 Å². The van der Waals surface area contributed by atoms with E-state index in [4.69, 9.17) is 14.6 Å². The van der Waals surface area contributed by atoms with E-state index < -0.39 is 0 Å². The number of likely N-dealkylation sites (tertiary alicyclic amines) is 1. The minimum absolute atomic E-state index is 0.145. The zero-order valence-corrected chi connectivity index (χ0v) is 22.4. The Balaban J connectivity index is 1.31. The van der Waals surface area contributed by atoms with Crippen molar-refractivity contribution in [1.82, 2.24) is 19.5 Å². The van der Waals surface area contributed by atoms with Crippen molar-refractivity contribution in [3.05, 3.63) is 60.3 Å². The van der Waals surface area contributed by atoms with Crippen molar-refractivity contribution in [3.8, 4) is 27.6 Å². The third-order valence-corrected chi connectivity index (χ3v) is 7.72. The maximum absolute atomic E-state index is 12.0. The first kappa shape index (κ1) is 25.4. The number of hydrogen-bond donors (Lipinski definition) is 0. The molecule has 0 amide bonds.